The summed E-state index contributed by atoms with van der Waals surface area (Å²) in [5.74, 6) is 1.78. The van der Waals surface area contributed by atoms with Crippen LogP contribution in [-0.2, 0) is 4.74 Å². The molecule has 0 aliphatic heterocycles. The summed E-state index contributed by atoms with van der Waals surface area (Å²) < 4.78 is 35.4. The molecule has 0 saturated heterocycles. The molecule has 0 bridgehead atoms. The van der Waals surface area contributed by atoms with E-state index in [2.05, 4.69) is 19.1 Å². The highest BCUT2D eigenvalue weighted by molar-refractivity contribution is 5.65. The van der Waals surface area contributed by atoms with Crippen molar-refractivity contribution in [2.45, 2.75) is 95.8 Å². The highest BCUT2D eigenvalue weighted by atomic mass is 19.1. The molecule has 2 aliphatic rings. The van der Waals surface area contributed by atoms with E-state index in [1.807, 2.05) is 12.1 Å². The lowest BCUT2D eigenvalue weighted by Gasteiger charge is -2.29. The van der Waals surface area contributed by atoms with Crippen molar-refractivity contribution < 1.29 is 13.5 Å². The van der Waals surface area contributed by atoms with Crippen LogP contribution in [0.25, 0.3) is 11.1 Å². The van der Waals surface area contributed by atoms with Gasteiger partial charge in [0.05, 0.1) is 0 Å². The number of rotatable bonds is 9. The summed E-state index contributed by atoms with van der Waals surface area (Å²) in [4.78, 5) is 0. The third-order valence-corrected chi connectivity index (χ3v) is 8.57. The Morgan fingerprint density at radius 1 is 0.765 bits per heavy atom. The molecule has 2 aliphatic carbocycles. The molecule has 2 aromatic carbocycles. The lowest BCUT2D eigenvalue weighted by atomic mass is 9.76. The van der Waals surface area contributed by atoms with Gasteiger partial charge in [0.2, 0.25) is 0 Å². The Kier molecular flexibility index (Phi) is 9.17. The summed E-state index contributed by atoms with van der Waals surface area (Å²) in [6.07, 6.45) is 14.1. The van der Waals surface area contributed by atoms with Gasteiger partial charge in [-0.1, -0.05) is 44.0 Å². The minimum Gasteiger partial charge on any atom is -0.385 e. The van der Waals surface area contributed by atoms with Gasteiger partial charge >= 0.3 is 0 Å². The third kappa shape index (κ3) is 6.27. The molecule has 34 heavy (non-hydrogen) atoms. The van der Waals surface area contributed by atoms with Crippen molar-refractivity contribution in [2.75, 3.05) is 13.7 Å². The summed E-state index contributed by atoms with van der Waals surface area (Å²) in [7, 11) is 1.77. The molecular weight excluding hydrogens is 426 g/mol. The molecule has 0 amide bonds. The first-order valence-electron chi connectivity index (χ1n) is 13.7. The van der Waals surface area contributed by atoms with Crippen molar-refractivity contribution in [3.8, 4) is 11.1 Å². The van der Waals surface area contributed by atoms with Crippen LogP contribution in [0.3, 0.4) is 0 Å². The van der Waals surface area contributed by atoms with E-state index in [0.29, 0.717) is 17.0 Å². The van der Waals surface area contributed by atoms with Crippen LogP contribution in [0.4, 0.5) is 8.78 Å². The van der Waals surface area contributed by atoms with Gasteiger partial charge in [-0.05, 0) is 117 Å². The molecule has 1 nitrogen and oxygen atoms in total. The van der Waals surface area contributed by atoms with E-state index in [0.717, 1.165) is 56.1 Å². The Labute approximate surface area is 205 Å². The van der Waals surface area contributed by atoms with Gasteiger partial charge in [-0.2, -0.15) is 0 Å². The predicted molar refractivity (Wildman–Crippen MR) is 137 cm³/mol. The molecule has 2 fully saturated rings. The van der Waals surface area contributed by atoms with Gasteiger partial charge in [0.25, 0.3) is 0 Å². The average Bonchev–Trinajstić information content (AvgIpc) is 2.87. The Morgan fingerprint density at radius 3 is 2.00 bits per heavy atom. The van der Waals surface area contributed by atoms with E-state index < -0.39 is 0 Å². The summed E-state index contributed by atoms with van der Waals surface area (Å²) in [6, 6.07) is 11.1. The summed E-state index contributed by atoms with van der Waals surface area (Å²) in [6.45, 7) is 3.09. The second kappa shape index (κ2) is 12.3. The molecule has 4 rings (SSSR count). The Morgan fingerprint density at radius 2 is 1.38 bits per heavy atom. The van der Waals surface area contributed by atoms with Gasteiger partial charge < -0.3 is 4.74 Å². The largest absolute Gasteiger partial charge is 0.385 e. The Bertz CT molecular complexity index is 890. The van der Waals surface area contributed by atoms with Gasteiger partial charge in [-0.15, -0.1) is 0 Å². The zero-order valence-electron chi connectivity index (χ0n) is 21.1. The van der Waals surface area contributed by atoms with Gasteiger partial charge in [0.15, 0.2) is 0 Å². The van der Waals surface area contributed by atoms with Crippen LogP contribution in [0, 0.1) is 23.5 Å². The zero-order chi connectivity index (χ0) is 23.9. The lowest BCUT2D eigenvalue weighted by Crippen LogP contribution is -2.14. The first-order valence-corrected chi connectivity index (χ1v) is 13.7. The maximum absolute atomic E-state index is 15.1. The SMILES string of the molecule is CCCC1CCC(c2cc(F)c(-c3ccc(C4CCC(CCCOC)CC4)cc3)cc2F)CC1. The highest BCUT2D eigenvalue weighted by Crippen LogP contribution is 2.41. The van der Waals surface area contributed by atoms with Gasteiger partial charge in [-0.3, -0.25) is 0 Å². The Hall–Kier alpha value is -1.74. The first-order chi connectivity index (χ1) is 16.6. The molecule has 0 aromatic heterocycles. The van der Waals surface area contributed by atoms with Crippen LogP contribution >= 0.6 is 0 Å². The van der Waals surface area contributed by atoms with Crippen molar-refractivity contribution in [3.05, 3.63) is 59.2 Å². The van der Waals surface area contributed by atoms with E-state index in [9.17, 15) is 0 Å². The van der Waals surface area contributed by atoms with Crippen LogP contribution in [0.15, 0.2) is 36.4 Å². The summed E-state index contributed by atoms with van der Waals surface area (Å²) >= 11 is 0. The summed E-state index contributed by atoms with van der Waals surface area (Å²) in [5.41, 5.74) is 3.07. The number of benzene rings is 2. The monoisotopic (exact) mass is 468 g/mol. The normalized spacial score (nSPS) is 25.4. The van der Waals surface area contributed by atoms with Gasteiger partial charge in [-0.25, -0.2) is 8.78 Å². The van der Waals surface area contributed by atoms with Gasteiger partial charge in [0.1, 0.15) is 11.6 Å². The fourth-order valence-electron chi connectivity index (χ4n) is 6.50. The standard InChI is InChI=1S/C31H42F2O/c1-3-5-22-9-13-26(14-10-22)28-20-31(33)29(21-30(28)32)27-17-15-25(16-18-27)24-11-7-23(8-12-24)6-4-19-34-2/h15-18,20-24,26H,3-14,19H2,1-2H3. The fraction of sp³-hybridized carbons (Fsp3) is 0.613. The van der Waals surface area contributed by atoms with E-state index in [1.54, 1.807) is 7.11 Å². The first kappa shape index (κ1) is 25.4. The second-order valence-electron chi connectivity index (χ2n) is 10.8. The number of methoxy groups -OCH3 is 1. The predicted octanol–water partition coefficient (Wildman–Crippen LogP) is 9.41. The van der Waals surface area contributed by atoms with E-state index in [1.165, 1.54) is 62.6 Å². The molecule has 0 N–H and O–H groups in total. The molecule has 0 atom stereocenters. The van der Waals surface area contributed by atoms with Crippen molar-refractivity contribution in [1.82, 2.24) is 0 Å². The topological polar surface area (TPSA) is 9.23 Å². The highest BCUT2D eigenvalue weighted by Gasteiger charge is 2.26. The van der Waals surface area contributed by atoms with Crippen LogP contribution in [-0.4, -0.2) is 13.7 Å². The van der Waals surface area contributed by atoms with Crippen LogP contribution in [0.5, 0.6) is 0 Å². The van der Waals surface area contributed by atoms with Gasteiger partial charge in [0, 0.05) is 19.3 Å². The van der Waals surface area contributed by atoms with Crippen molar-refractivity contribution in [1.29, 1.82) is 0 Å². The zero-order valence-corrected chi connectivity index (χ0v) is 21.1. The average molecular weight is 469 g/mol. The van der Waals surface area contributed by atoms with E-state index in [-0.39, 0.29) is 17.6 Å². The lowest BCUT2D eigenvalue weighted by molar-refractivity contribution is 0.180. The third-order valence-electron chi connectivity index (χ3n) is 8.57. The molecule has 2 saturated carbocycles. The second-order valence-corrected chi connectivity index (χ2v) is 10.8. The van der Waals surface area contributed by atoms with Crippen molar-refractivity contribution in [3.63, 3.8) is 0 Å². The minimum absolute atomic E-state index is 0.156. The molecule has 2 aromatic rings. The van der Waals surface area contributed by atoms with Crippen molar-refractivity contribution in [2.24, 2.45) is 11.8 Å². The maximum atomic E-state index is 15.1. The minimum atomic E-state index is -0.295. The fourth-order valence-corrected chi connectivity index (χ4v) is 6.50. The van der Waals surface area contributed by atoms with E-state index >= 15 is 8.78 Å². The number of hydrogen-bond acceptors (Lipinski definition) is 1. The van der Waals surface area contributed by atoms with Crippen LogP contribution in [0.2, 0.25) is 0 Å². The Balaban J connectivity index is 1.38. The smallest absolute Gasteiger partial charge is 0.131 e. The molecule has 3 heteroatoms. The van der Waals surface area contributed by atoms with Crippen LogP contribution < -0.4 is 0 Å². The number of ether oxygens (including phenoxy) is 1. The van der Waals surface area contributed by atoms with E-state index in [4.69, 9.17) is 4.74 Å². The van der Waals surface area contributed by atoms with Crippen molar-refractivity contribution >= 4 is 0 Å². The number of halogens is 2. The molecule has 0 unspecified atom stereocenters. The summed E-state index contributed by atoms with van der Waals surface area (Å²) in [5, 5.41) is 0. The maximum Gasteiger partial charge on any atom is 0.131 e. The molecule has 0 spiro atoms. The molecule has 0 radical (unpaired) electrons. The number of hydrogen-bond donors (Lipinski definition) is 0. The quantitative estimate of drug-likeness (QED) is 0.333. The molecule has 186 valence electrons. The van der Waals surface area contributed by atoms with Crippen LogP contribution in [0.1, 0.15) is 107 Å². The molecule has 0 heterocycles. The molecular formula is C31H42F2O.